The molecule has 0 unspecified atom stereocenters. The minimum atomic E-state index is -0.270. The van der Waals surface area contributed by atoms with Crippen LogP contribution in [0.15, 0.2) is 29.5 Å². The molecular weight excluding hydrogens is 321 g/mol. The van der Waals surface area contributed by atoms with E-state index in [0.717, 1.165) is 47.9 Å². The largest absolute Gasteiger partial charge is 0.493 e. The number of ether oxygens (including phenoxy) is 1. The third-order valence-electron chi connectivity index (χ3n) is 4.44. The normalized spacial score (nSPS) is 19.6. The predicted molar refractivity (Wildman–Crippen MR) is 94.0 cm³/mol. The molecule has 0 spiro atoms. The number of anilines is 1. The number of halogens is 1. The maximum Gasteiger partial charge on any atom is 0.155 e. The van der Waals surface area contributed by atoms with E-state index in [9.17, 15) is 4.39 Å². The van der Waals surface area contributed by atoms with Crippen molar-refractivity contribution in [2.24, 2.45) is 4.99 Å². The molecule has 2 aliphatic heterocycles. The van der Waals surface area contributed by atoms with Crippen molar-refractivity contribution >= 4 is 17.3 Å². The van der Waals surface area contributed by atoms with Crippen molar-refractivity contribution in [2.75, 3.05) is 18.5 Å². The van der Waals surface area contributed by atoms with E-state index in [1.807, 2.05) is 6.92 Å². The number of hydrogen-bond donors (Lipinski definition) is 2. The van der Waals surface area contributed by atoms with Crippen molar-refractivity contribution in [3.05, 3.63) is 41.6 Å². The van der Waals surface area contributed by atoms with E-state index in [1.165, 1.54) is 12.1 Å². The third kappa shape index (κ3) is 3.26. The van der Waals surface area contributed by atoms with Crippen LogP contribution in [0.1, 0.15) is 37.1 Å². The van der Waals surface area contributed by atoms with Gasteiger partial charge in [0, 0.05) is 18.5 Å². The smallest absolute Gasteiger partial charge is 0.155 e. The lowest BCUT2D eigenvalue weighted by Gasteiger charge is -2.22. The van der Waals surface area contributed by atoms with E-state index in [1.54, 1.807) is 12.4 Å². The molecule has 130 valence electrons. The first-order chi connectivity index (χ1) is 12.2. The van der Waals surface area contributed by atoms with Gasteiger partial charge in [-0.2, -0.15) is 0 Å². The van der Waals surface area contributed by atoms with Gasteiger partial charge in [0.05, 0.1) is 18.3 Å². The maximum absolute atomic E-state index is 13.7. The van der Waals surface area contributed by atoms with E-state index in [0.29, 0.717) is 18.9 Å². The molecule has 0 fully saturated rings. The van der Waals surface area contributed by atoms with E-state index >= 15 is 0 Å². The molecule has 2 aromatic rings. The van der Waals surface area contributed by atoms with E-state index in [4.69, 9.17) is 9.73 Å². The summed E-state index contributed by atoms with van der Waals surface area (Å²) in [5.41, 5.74) is 2.54. The average molecular weight is 341 g/mol. The van der Waals surface area contributed by atoms with Gasteiger partial charge >= 0.3 is 0 Å². The highest BCUT2D eigenvalue weighted by Crippen LogP contribution is 2.32. The molecule has 1 atom stereocenters. The summed E-state index contributed by atoms with van der Waals surface area (Å²) in [4.78, 5) is 13.4. The zero-order valence-electron chi connectivity index (χ0n) is 14.1. The van der Waals surface area contributed by atoms with Gasteiger partial charge in [-0.3, -0.25) is 0 Å². The van der Waals surface area contributed by atoms with Crippen molar-refractivity contribution < 1.29 is 9.13 Å². The van der Waals surface area contributed by atoms with Crippen molar-refractivity contribution in [1.82, 2.24) is 15.3 Å². The van der Waals surface area contributed by atoms with Crippen LogP contribution in [0.3, 0.4) is 0 Å². The quantitative estimate of drug-likeness (QED) is 0.770. The Morgan fingerprint density at radius 2 is 2.16 bits per heavy atom. The molecule has 6 nitrogen and oxygen atoms in total. The van der Waals surface area contributed by atoms with Crippen molar-refractivity contribution in [3.8, 4) is 5.75 Å². The zero-order valence-corrected chi connectivity index (χ0v) is 14.1. The van der Waals surface area contributed by atoms with Gasteiger partial charge in [0.2, 0.25) is 0 Å². The summed E-state index contributed by atoms with van der Waals surface area (Å²) < 4.78 is 19.6. The Balaban J connectivity index is 1.72. The van der Waals surface area contributed by atoms with E-state index in [2.05, 4.69) is 20.6 Å². The second-order valence-electron chi connectivity index (χ2n) is 6.25. The van der Waals surface area contributed by atoms with E-state index in [-0.39, 0.29) is 11.9 Å². The van der Waals surface area contributed by atoms with Crippen LogP contribution in [0.4, 0.5) is 15.9 Å². The van der Waals surface area contributed by atoms with Crippen LogP contribution in [0, 0.1) is 5.82 Å². The second kappa shape index (κ2) is 6.66. The lowest BCUT2D eigenvalue weighted by atomic mass is 10.1. The van der Waals surface area contributed by atoms with Gasteiger partial charge in [-0.15, -0.1) is 0 Å². The first-order valence-electron chi connectivity index (χ1n) is 8.55. The highest BCUT2D eigenvalue weighted by atomic mass is 19.1. The van der Waals surface area contributed by atoms with Gasteiger partial charge in [-0.25, -0.2) is 19.4 Å². The predicted octanol–water partition coefficient (Wildman–Crippen LogP) is 3.14. The number of benzene rings is 1. The number of fused-ring (bicyclic) bond motifs is 1. The Bertz CT molecular complexity index is 823. The molecule has 7 heteroatoms. The summed E-state index contributed by atoms with van der Waals surface area (Å²) in [6.07, 6.45) is 3.94. The summed E-state index contributed by atoms with van der Waals surface area (Å²) in [5, 5.41) is 6.71. The van der Waals surface area contributed by atoms with Crippen molar-refractivity contribution in [1.29, 1.82) is 0 Å². The van der Waals surface area contributed by atoms with Crippen molar-refractivity contribution in [3.63, 3.8) is 0 Å². The first kappa shape index (κ1) is 15.8. The fourth-order valence-electron chi connectivity index (χ4n) is 3.16. The van der Waals surface area contributed by atoms with Gasteiger partial charge < -0.3 is 15.4 Å². The maximum atomic E-state index is 13.7. The van der Waals surface area contributed by atoms with Gasteiger partial charge in [-0.05, 0) is 38.0 Å². The summed E-state index contributed by atoms with van der Waals surface area (Å²) >= 11 is 0. The van der Waals surface area contributed by atoms with Crippen LogP contribution in [0.2, 0.25) is 0 Å². The molecule has 1 aromatic carbocycles. The molecule has 25 heavy (non-hydrogen) atoms. The minimum absolute atomic E-state index is 0.118. The van der Waals surface area contributed by atoms with E-state index < -0.39 is 0 Å². The summed E-state index contributed by atoms with van der Waals surface area (Å²) in [6.45, 7) is 3.24. The molecule has 1 aromatic heterocycles. The average Bonchev–Trinajstić information content (AvgIpc) is 2.63. The monoisotopic (exact) mass is 341 g/mol. The fraction of sp³-hybridized carbons (Fsp3) is 0.389. The highest BCUT2D eigenvalue weighted by molar-refractivity contribution is 5.89. The molecule has 4 rings (SSSR count). The molecule has 3 heterocycles. The van der Waals surface area contributed by atoms with Crippen LogP contribution >= 0.6 is 0 Å². The van der Waals surface area contributed by atoms with Crippen LogP contribution < -0.4 is 15.4 Å². The second-order valence-corrected chi connectivity index (χ2v) is 6.25. The zero-order chi connectivity index (χ0) is 17.2. The number of nitrogens with zero attached hydrogens (tertiary/aromatic N) is 3. The number of nitrogens with one attached hydrogen (secondary N) is 2. The van der Waals surface area contributed by atoms with Gasteiger partial charge in [0.25, 0.3) is 0 Å². The molecule has 0 saturated carbocycles. The molecule has 0 radical (unpaired) electrons. The molecule has 0 aliphatic carbocycles. The summed E-state index contributed by atoms with van der Waals surface area (Å²) in [7, 11) is 0. The molecule has 0 amide bonds. The van der Waals surface area contributed by atoms with Gasteiger partial charge in [-0.1, -0.05) is 0 Å². The third-order valence-corrected chi connectivity index (χ3v) is 4.44. The Labute approximate surface area is 145 Å². The molecule has 0 saturated heterocycles. The standard InChI is InChI=1S/C18H20FN5O/c1-11-13-9-12(19)3-5-15(13)25-8-2-7-20-18-17-14(21-10-22-18)4-6-16(23-11)24-17/h3,5,9-11H,2,4,6-8H2,1H3,(H,23,24)(H,20,21,22)/t11-/m1/s1. The fourth-order valence-corrected chi connectivity index (χ4v) is 3.16. The Kier molecular flexibility index (Phi) is 4.21. The lowest BCUT2D eigenvalue weighted by molar-refractivity contribution is 0.309. The Morgan fingerprint density at radius 1 is 1.24 bits per heavy atom. The summed E-state index contributed by atoms with van der Waals surface area (Å²) in [6, 6.07) is 4.53. The highest BCUT2D eigenvalue weighted by Gasteiger charge is 2.21. The van der Waals surface area contributed by atoms with Crippen LogP contribution in [-0.2, 0) is 6.42 Å². The molecular formula is C18H20FN5O. The van der Waals surface area contributed by atoms with Crippen LogP contribution in [0.5, 0.6) is 5.75 Å². The molecule has 2 aliphatic rings. The van der Waals surface area contributed by atoms with Crippen LogP contribution in [-0.4, -0.2) is 29.0 Å². The van der Waals surface area contributed by atoms with Crippen molar-refractivity contribution in [2.45, 2.75) is 32.2 Å². The number of aliphatic imine (C=N–C) groups is 1. The van der Waals surface area contributed by atoms with Gasteiger partial charge in [0.1, 0.15) is 29.4 Å². The van der Waals surface area contributed by atoms with Gasteiger partial charge in [0.15, 0.2) is 5.82 Å². The lowest BCUT2D eigenvalue weighted by Crippen LogP contribution is -2.29. The number of aromatic nitrogens is 2. The Hall–Kier alpha value is -2.70. The first-order valence-corrected chi connectivity index (χ1v) is 8.55. The molecule has 2 bridgehead atoms. The SMILES string of the molecule is C[C@H]1NC2=Nc3c(ncnc3NCCCOc3ccc(F)cc31)CC2. The van der Waals surface area contributed by atoms with Crippen LogP contribution in [0.25, 0.3) is 0 Å². The summed E-state index contributed by atoms with van der Waals surface area (Å²) in [5.74, 6) is 2.04. The Morgan fingerprint density at radius 3 is 3.08 bits per heavy atom. The number of amidine groups is 1. The molecule has 2 N–H and O–H groups in total. The topological polar surface area (TPSA) is 71.4 Å². The number of aryl methyl sites for hydroxylation is 1. The number of hydrogen-bond acceptors (Lipinski definition) is 6. The number of rotatable bonds is 0. The minimum Gasteiger partial charge on any atom is -0.493 e.